The molecular formula is C19H28N2O3. The molecule has 1 rings (SSSR count). The fourth-order valence-corrected chi connectivity index (χ4v) is 2.09. The third kappa shape index (κ3) is 8.42. The molecule has 0 spiro atoms. The molecule has 132 valence electrons. The van der Waals surface area contributed by atoms with Gasteiger partial charge in [0.1, 0.15) is 17.0 Å². The number of amides is 1. The van der Waals surface area contributed by atoms with Crippen LogP contribution in [0.15, 0.2) is 24.3 Å². The Morgan fingerprint density at radius 3 is 2.17 bits per heavy atom. The molecule has 0 saturated heterocycles. The predicted octanol–water partition coefficient (Wildman–Crippen LogP) is 4.21. The van der Waals surface area contributed by atoms with Crippen molar-refractivity contribution in [2.24, 2.45) is 0 Å². The van der Waals surface area contributed by atoms with E-state index in [9.17, 15) is 4.79 Å². The van der Waals surface area contributed by atoms with Crippen LogP contribution in [0.2, 0.25) is 0 Å². The number of carbonyl (C=O) groups excluding carboxylic acids is 1. The molecule has 5 heteroatoms. The van der Waals surface area contributed by atoms with E-state index in [1.165, 1.54) is 0 Å². The van der Waals surface area contributed by atoms with E-state index >= 15 is 0 Å². The lowest BCUT2D eigenvalue weighted by atomic mass is 10.0. The zero-order valence-electron chi connectivity index (χ0n) is 15.5. The first-order valence-corrected chi connectivity index (χ1v) is 8.13. The van der Waals surface area contributed by atoms with Crippen LogP contribution < -0.4 is 10.1 Å². The summed E-state index contributed by atoms with van der Waals surface area (Å²) in [7, 11) is 0. The van der Waals surface area contributed by atoms with Crippen molar-refractivity contribution in [1.82, 2.24) is 5.32 Å². The Kier molecular flexibility index (Phi) is 6.65. The Bertz CT molecular complexity index is 575. The summed E-state index contributed by atoms with van der Waals surface area (Å²) in [6.45, 7) is 11.4. The molecule has 1 aromatic carbocycles. The first kappa shape index (κ1) is 19.8. The third-order valence-corrected chi connectivity index (χ3v) is 2.89. The number of hydrogen-bond acceptors (Lipinski definition) is 4. The first-order chi connectivity index (χ1) is 11.0. The molecule has 1 aromatic rings. The standard InChI is InChI=1S/C19H28N2O3/c1-18(2,3)23-16-9-7-14(8-10-16)13-15(11-12-20)21-17(22)24-19(4,5)6/h7-10,15H,11,13H2,1-6H3,(H,21,22)/t15-/m1/s1. The molecule has 0 aromatic heterocycles. The smallest absolute Gasteiger partial charge is 0.407 e. The monoisotopic (exact) mass is 332 g/mol. The molecule has 0 radical (unpaired) electrons. The van der Waals surface area contributed by atoms with E-state index in [1.54, 1.807) is 20.8 Å². The Labute approximate surface area is 145 Å². The predicted molar refractivity (Wildman–Crippen MR) is 93.9 cm³/mol. The maximum Gasteiger partial charge on any atom is 0.407 e. The lowest BCUT2D eigenvalue weighted by Gasteiger charge is -2.23. The van der Waals surface area contributed by atoms with Gasteiger partial charge in [-0.3, -0.25) is 0 Å². The summed E-state index contributed by atoms with van der Waals surface area (Å²) >= 11 is 0. The second kappa shape index (κ2) is 8.05. The molecule has 0 saturated carbocycles. The SMILES string of the molecule is CC(C)(C)OC(=O)N[C@H](CC#N)Cc1ccc(OC(C)(C)C)cc1. The number of rotatable bonds is 5. The van der Waals surface area contributed by atoms with Crippen LogP contribution in [0.4, 0.5) is 4.79 Å². The molecule has 0 aliphatic heterocycles. The largest absolute Gasteiger partial charge is 0.488 e. The van der Waals surface area contributed by atoms with Crippen LogP contribution in [0.3, 0.4) is 0 Å². The molecule has 5 nitrogen and oxygen atoms in total. The Morgan fingerprint density at radius 2 is 1.71 bits per heavy atom. The van der Waals surface area contributed by atoms with Crippen LogP contribution in [-0.4, -0.2) is 23.3 Å². The zero-order valence-corrected chi connectivity index (χ0v) is 15.5. The van der Waals surface area contributed by atoms with Gasteiger partial charge in [-0.2, -0.15) is 5.26 Å². The molecular weight excluding hydrogens is 304 g/mol. The van der Waals surface area contributed by atoms with Crippen molar-refractivity contribution in [3.63, 3.8) is 0 Å². The number of nitrogens with one attached hydrogen (secondary N) is 1. The molecule has 0 heterocycles. The van der Waals surface area contributed by atoms with Gasteiger partial charge in [0.2, 0.25) is 0 Å². The zero-order chi connectivity index (χ0) is 18.4. The van der Waals surface area contributed by atoms with Crippen LogP contribution in [0.25, 0.3) is 0 Å². The quantitative estimate of drug-likeness (QED) is 0.876. The molecule has 1 N–H and O–H groups in total. The summed E-state index contributed by atoms with van der Waals surface area (Å²) < 4.78 is 11.0. The van der Waals surface area contributed by atoms with Gasteiger partial charge in [-0.1, -0.05) is 12.1 Å². The fourth-order valence-electron chi connectivity index (χ4n) is 2.09. The minimum Gasteiger partial charge on any atom is -0.488 e. The van der Waals surface area contributed by atoms with E-state index in [2.05, 4.69) is 11.4 Å². The number of alkyl carbamates (subject to hydrolysis) is 1. The molecule has 0 bridgehead atoms. The van der Waals surface area contributed by atoms with Crippen molar-refractivity contribution in [3.05, 3.63) is 29.8 Å². The minimum atomic E-state index is -0.562. The number of nitriles is 1. The van der Waals surface area contributed by atoms with Crippen molar-refractivity contribution in [2.75, 3.05) is 0 Å². The normalized spacial score (nSPS) is 12.9. The number of nitrogens with zero attached hydrogens (tertiary/aromatic N) is 1. The highest BCUT2D eigenvalue weighted by atomic mass is 16.6. The number of carbonyl (C=O) groups is 1. The van der Waals surface area contributed by atoms with Gasteiger partial charge in [-0.15, -0.1) is 0 Å². The highest BCUT2D eigenvalue weighted by Crippen LogP contribution is 2.19. The van der Waals surface area contributed by atoms with Crippen molar-refractivity contribution in [1.29, 1.82) is 5.26 Å². The molecule has 0 fully saturated rings. The van der Waals surface area contributed by atoms with E-state index in [0.717, 1.165) is 11.3 Å². The Balaban J connectivity index is 2.68. The molecule has 24 heavy (non-hydrogen) atoms. The first-order valence-electron chi connectivity index (χ1n) is 8.13. The summed E-state index contributed by atoms with van der Waals surface area (Å²) in [4.78, 5) is 11.9. The molecule has 0 aliphatic rings. The van der Waals surface area contributed by atoms with Gasteiger partial charge in [0.05, 0.1) is 12.5 Å². The lowest BCUT2D eigenvalue weighted by Crippen LogP contribution is -2.40. The molecule has 0 aliphatic carbocycles. The van der Waals surface area contributed by atoms with Crippen LogP contribution >= 0.6 is 0 Å². The van der Waals surface area contributed by atoms with Gasteiger partial charge in [-0.25, -0.2) is 4.79 Å². The van der Waals surface area contributed by atoms with Gasteiger partial charge in [0.25, 0.3) is 0 Å². The summed E-state index contributed by atoms with van der Waals surface area (Å²) in [6.07, 6.45) is 0.276. The fraction of sp³-hybridized carbons (Fsp3) is 0.579. The van der Waals surface area contributed by atoms with Crippen molar-refractivity contribution in [3.8, 4) is 11.8 Å². The molecule has 1 amide bonds. The summed E-state index contributed by atoms with van der Waals surface area (Å²) in [6, 6.07) is 9.51. The second-order valence-corrected chi connectivity index (χ2v) is 7.77. The van der Waals surface area contributed by atoms with E-state index in [-0.39, 0.29) is 18.1 Å². The van der Waals surface area contributed by atoms with Gasteiger partial charge in [-0.05, 0) is 65.7 Å². The van der Waals surface area contributed by atoms with Gasteiger partial charge in [0.15, 0.2) is 0 Å². The topological polar surface area (TPSA) is 71.3 Å². The van der Waals surface area contributed by atoms with Gasteiger partial charge >= 0.3 is 6.09 Å². The van der Waals surface area contributed by atoms with E-state index < -0.39 is 11.7 Å². The summed E-state index contributed by atoms with van der Waals surface area (Å²) in [5.74, 6) is 0.795. The van der Waals surface area contributed by atoms with E-state index in [0.29, 0.717) is 6.42 Å². The van der Waals surface area contributed by atoms with Crippen molar-refractivity contribution < 1.29 is 14.3 Å². The minimum absolute atomic E-state index is 0.222. The summed E-state index contributed by atoms with van der Waals surface area (Å²) in [5.41, 5.74) is 0.212. The molecule has 1 atom stereocenters. The van der Waals surface area contributed by atoms with Crippen molar-refractivity contribution in [2.45, 2.75) is 71.6 Å². The average Bonchev–Trinajstić information content (AvgIpc) is 2.37. The third-order valence-electron chi connectivity index (χ3n) is 2.89. The molecule has 0 unspecified atom stereocenters. The van der Waals surface area contributed by atoms with E-state index in [1.807, 2.05) is 45.0 Å². The van der Waals surface area contributed by atoms with Gasteiger partial charge in [0, 0.05) is 6.04 Å². The van der Waals surface area contributed by atoms with Crippen LogP contribution in [0, 0.1) is 11.3 Å². The second-order valence-electron chi connectivity index (χ2n) is 7.77. The van der Waals surface area contributed by atoms with Crippen molar-refractivity contribution >= 4 is 6.09 Å². The van der Waals surface area contributed by atoms with Gasteiger partial charge < -0.3 is 14.8 Å². The maximum absolute atomic E-state index is 11.9. The highest BCUT2D eigenvalue weighted by molar-refractivity contribution is 5.68. The van der Waals surface area contributed by atoms with Crippen LogP contribution in [0.5, 0.6) is 5.75 Å². The average molecular weight is 332 g/mol. The number of benzene rings is 1. The lowest BCUT2D eigenvalue weighted by molar-refractivity contribution is 0.0505. The Morgan fingerprint density at radius 1 is 1.12 bits per heavy atom. The van der Waals surface area contributed by atoms with Crippen LogP contribution in [-0.2, 0) is 11.2 Å². The van der Waals surface area contributed by atoms with Crippen LogP contribution in [0.1, 0.15) is 53.5 Å². The summed E-state index contributed by atoms with van der Waals surface area (Å²) in [5, 5.41) is 11.7. The number of ether oxygens (including phenoxy) is 2. The highest BCUT2D eigenvalue weighted by Gasteiger charge is 2.20. The maximum atomic E-state index is 11.9. The number of hydrogen-bond donors (Lipinski definition) is 1. The Hall–Kier alpha value is -2.22. The van der Waals surface area contributed by atoms with E-state index in [4.69, 9.17) is 14.7 Å².